The van der Waals surface area contributed by atoms with Crippen LogP contribution in [0.2, 0.25) is 0 Å². The lowest BCUT2D eigenvalue weighted by Crippen LogP contribution is -2.04. The van der Waals surface area contributed by atoms with E-state index in [1.807, 2.05) is 0 Å². The normalized spacial score (nSPS) is 11.1. The van der Waals surface area contributed by atoms with Gasteiger partial charge in [0.15, 0.2) is 17.1 Å². The molecule has 1 aliphatic carbocycles. The average molecular weight is 364 g/mol. The maximum absolute atomic E-state index is 11.8. The van der Waals surface area contributed by atoms with Crippen molar-refractivity contribution in [2.75, 3.05) is 0 Å². The van der Waals surface area contributed by atoms with Gasteiger partial charge in [0, 0.05) is 16.5 Å². The zero-order chi connectivity index (χ0) is 19.3. The summed E-state index contributed by atoms with van der Waals surface area (Å²) < 4.78 is 5.52. The molecule has 1 heterocycles. The van der Waals surface area contributed by atoms with Crippen LogP contribution in [0.3, 0.4) is 0 Å². The molecule has 27 heavy (non-hydrogen) atoms. The van der Waals surface area contributed by atoms with Crippen molar-refractivity contribution >= 4 is 16.9 Å². The van der Waals surface area contributed by atoms with Crippen molar-refractivity contribution in [3.63, 3.8) is 0 Å². The minimum Gasteiger partial charge on any atom is -0.504 e. The van der Waals surface area contributed by atoms with E-state index >= 15 is 0 Å². The molecule has 7 heteroatoms. The van der Waals surface area contributed by atoms with Gasteiger partial charge < -0.3 is 24.8 Å². The zero-order valence-electron chi connectivity index (χ0n) is 13.6. The molecule has 1 aliphatic heterocycles. The number of aromatic carboxylic acids is 1. The summed E-state index contributed by atoms with van der Waals surface area (Å²) in [5, 5.41) is 40.0. The molecule has 0 fully saturated rings. The SMILES string of the molecule is O=C(O)c1ccccc1-c1c2ccc(=O)c(O)c-2oc2c(O)c(O)ccc12. The lowest BCUT2D eigenvalue weighted by molar-refractivity contribution is 0.0697. The molecule has 134 valence electrons. The molecule has 0 atom stereocenters. The summed E-state index contributed by atoms with van der Waals surface area (Å²) in [6.45, 7) is 0. The van der Waals surface area contributed by atoms with E-state index in [1.165, 1.54) is 24.3 Å². The maximum atomic E-state index is 11.8. The lowest BCUT2D eigenvalue weighted by atomic mass is 9.90. The second kappa shape index (κ2) is 5.77. The fraction of sp³-hybridized carbons (Fsp3) is 0. The average Bonchev–Trinajstić information content (AvgIpc) is 2.66. The van der Waals surface area contributed by atoms with Crippen LogP contribution in [0, 0.1) is 0 Å². The molecule has 0 saturated heterocycles. The first-order valence-electron chi connectivity index (χ1n) is 7.86. The topological polar surface area (TPSA) is 128 Å². The van der Waals surface area contributed by atoms with Gasteiger partial charge >= 0.3 is 5.97 Å². The van der Waals surface area contributed by atoms with Gasteiger partial charge in [0.25, 0.3) is 0 Å². The second-order valence-corrected chi connectivity index (χ2v) is 5.93. The van der Waals surface area contributed by atoms with Gasteiger partial charge in [0.1, 0.15) is 0 Å². The summed E-state index contributed by atoms with van der Waals surface area (Å²) in [4.78, 5) is 23.5. The number of carboxylic acids is 1. The van der Waals surface area contributed by atoms with Gasteiger partial charge in [-0.15, -0.1) is 0 Å². The Morgan fingerprint density at radius 2 is 1.59 bits per heavy atom. The third-order valence-corrected chi connectivity index (χ3v) is 4.37. The van der Waals surface area contributed by atoms with Crippen LogP contribution >= 0.6 is 0 Å². The van der Waals surface area contributed by atoms with E-state index in [2.05, 4.69) is 0 Å². The summed E-state index contributed by atoms with van der Waals surface area (Å²) in [5.41, 5.74) is 0.0537. The summed E-state index contributed by atoms with van der Waals surface area (Å²) in [6.07, 6.45) is 0. The number of phenols is 3. The fourth-order valence-electron chi connectivity index (χ4n) is 3.14. The number of hydrogen-bond acceptors (Lipinski definition) is 6. The summed E-state index contributed by atoms with van der Waals surface area (Å²) in [6, 6.07) is 11.5. The Bertz CT molecular complexity index is 1250. The molecular weight excluding hydrogens is 352 g/mol. The van der Waals surface area contributed by atoms with Crippen LogP contribution in [-0.2, 0) is 0 Å². The highest BCUT2D eigenvalue weighted by Crippen LogP contribution is 2.47. The largest absolute Gasteiger partial charge is 0.504 e. The fourth-order valence-corrected chi connectivity index (χ4v) is 3.14. The van der Waals surface area contributed by atoms with Crippen LogP contribution in [0.15, 0.2) is 57.7 Å². The third kappa shape index (κ3) is 2.36. The van der Waals surface area contributed by atoms with E-state index in [-0.39, 0.29) is 16.9 Å². The van der Waals surface area contributed by atoms with E-state index < -0.39 is 28.6 Å². The number of aromatic hydroxyl groups is 3. The molecule has 0 spiro atoms. The van der Waals surface area contributed by atoms with Crippen molar-refractivity contribution in [1.82, 2.24) is 0 Å². The Morgan fingerprint density at radius 3 is 2.33 bits per heavy atom. The molecule has 0 amide bonds. The predicted molar refractivity (Wildman–Crippen MR) is 96.5 cm³/mol. The highest BCUT2D eigenvalue weighted by Gasteiger charge is 2.25. The van der Waals surface area contributed by atoms with Crippen molar-refractivity contribution < 1.29 is 29.6 Å². The molecule has 0 aromatic heterocycles. The Hall–Kier alpha value is -4.00. The Kier molecular flexibility index (Phi) is 3.52. The van der Waals surface area contributed by atoms with E-state index in [9.17, 15) is 30.0 Å². The predicted octanol–water partition coefficient (Wildman–Crippen LogP) is 3.38. The number of phenolic OH excluding ortho intramolecular Hbond substituents is 3. The first-order valence-corrected chi connectivity index (χ1v) is 7.86. The van der Waals surface area contributed by atoms with Crippen molar-refractivity contribution in [3.8, 4) is 39.7 Å². The molecule has 0 saturated carbocycles. The Labute approximate surface area is 151 Å². The van der Waals surface area contributed by atoms with Crippen molar-refractivity contribution in [2.24, 2.45) is 0 Å². The van der Waals surface area contributed by atoms with Crippen LogP contribution < -0.4 is 5.43 Å². The van der Waals surface area contributed by atoms with Gasteiger partial charge in [-0.2, -0.15) is 0 Å². The minimum absolute atomic E-state index is 0.00967. The molecule has 0 radical (unpaired) electrons. The van der Waals surface area contributed by atoms with Crippen LogP contribution in [0.1, 0.15) is 10.4 Å². The first-order chi connectivity index (χ1) is 12.9. The minimum atomic E-state index is -1.17. The van der Waals surface area contributed by atoms with Crippen LogP contribution in [0.5, 0.6) is 17.2 Å². The molecule has 2 aliphatic rings. The molecule has 0 unspecified atom stereocenters. The van der Waals surface area contributed by atoms with Crippen LogP contribution in [0.25, 0.3) is 33.4 Å². The second-order valence-electron chi connectivity index (χ2n) is 5.93. The van der Waals surface area contributed by atoms with Gasteiger partial charge in [-0.1, -0.05) is 18.2 Å². The number of rotatable bonds is 2. The van der Waals surface area contributed by atoms with E-state index in [1.54, 1.807) is 18.2 Å². The van der Waals surface area contributed by atoms with Gasteiger partial charge in [0.05, 0.1) is 5.56 Å². The summed E-state index contributed by atoms with van der Waals surface area (Å²) in [7, 11) is 0. The highest BCUT2D eigenvalue weighted by atomic mass is 16.4. The number of hydrogen-bond donors (Lipinski definition) is 4. The number of benzene rings is 3. The van der Waals surface area contributed by atoms with Crippen molar-refractivity contribution in [3.05, 3.63) is 64.3 Å². The summed E-state index contributed by atoms with van der Waals surface area (Å²) >= 11 is 0. The number of carboxylic acid groups (broad SMARTS) is 1. The molecule has 2 aromatic carbocycles. The first kappa shape index (κ1) is 16.5. The van der Waals surface area contributed by atoms with Gasteiger partial charge in [-0.25, -0.2) is 4.79 Å². The third-order valence-electron chi connectivity index (χ3n) is 4.37. The lowest BCUT2D eigenvalue weighted by Gasteiger charge is -2.17. The van der Waals surface area contributed by atoms with E-state index in [4.69, 9.17) is 4.42 Å². The highest BCUT2D eigenvalue weighted by molar-refractivity contribution is 6.09. The number of fused-ring (bicyclic) bond motifs is 2. The number of carbonyl (C=O) groups is 1. The standard InChI is InChI=1S/C20H12O7/c21-13-7-5-11-15(9-3-1-2-4-10(9)20(25)26)12-6-8-14(22)17(24)19(12)27-18(11)16(13)23/h1-8,21,23-24H,(H,25,26). The Morgan fingerprint density at radius 1 is 0.852 bits per heavy atom. The summed E-state index contributed by atoms with van der Waals surface area (Å²) in [5.74, 6) is -3.10. The molecule has 2 aromatic rings. The van der Waals surface area contributed by atoms with Gasteiger partial charge in [-0.05, 0) is 35.9 Å². The molecule has 4 N–H and O–H groups in total. The van der Waals surface area contributed by atoms with Crippen molar-refractivity contribution in [2.45, 2.75) is 0 Å². The molecule has 4 rings (SSSR count). The van der Waals surface area contributed by atoms with Crippen LogP contribution in [0.4, 0.5) is 0 Å². The maximum Gasteiger partial charge on any atom is 0.336 e. The molecule has 7 nitrogen and oxygen atoms in total. The smallest absolute Gasteiger partial charge is 0.336 e. The van der Waals surface area contributed by atoms with E-state index in [0.29, 0.717) is 22.1 Å². The van der Waals surface area contributed by atoms with E-state index in [0.717, 1.165) is 6.07 Å². The van der Waals surface area contributed by atoms with Crippen molar-refractivity contribution in [1.29, 1.82) is 0 Å². The quantitative estimate of drug-likeness (QED) is 0.317. The monoisotopic (exact) mass is 364 g/mol. The van der Waals surface area contributed by atoms with Crippen LogP contribution in [-0.4, -0.2) is 26.4 Å². The van der Waals surface area contributed by atoms with Gasteiger partial charge in [0.2, 0.25) is 16.9 Å². The van der Waals surface area contributed by atoms with Gasteiger partial charge in [-0.3, -0.25) is 4.79 Å². The zero-order valence-corrected chi connectivity index (χ0v) is 13.6. The molecular formula is C20H12O7. The molecule has 0 bridgehead atoms. The Balaban J connectivity index is 2.29.